The Labute approximate surface area is 183 Å². The van der Waals surface area contributed by atoms with Crippen molar-refractivity contribution in [3.63, 3.8) is 0 Å². The molecule has 0 aromatic carbocycles. The summed E-state index contributed by atoms with van der Waals surface area (Å²) in [5, 5.41) is 43.8. The molecule has 0 saturated heterocycles. The van der Waals surface area contributed by atoms with Crippen molar-refractivity contribution in [2.75, 3.05) is 12.0 Å². The third-order valence-electron chi connectivity index (χ3n) is 4.08. The number of thioether (sulfide) groups is 1. The molecule has 0 bridgehead atoms. The first-order valence-electron chi connectivity index (χ1n) is 9.28. The molecule has 31 heavy (non-hydrogen) atoms. The number of carbonyl (C=O) groups is 5. The molecule has 0 aromatic heterocycles. The molecular formula is C17H30N4O9S. The quantitative estimate of drug-likeness (QED) is 0.127. The Morgan fingerprint density at radius 3 is 1.81 bits per heavy atom. The number of rotatable bonds is 14. The van der Waals surface area contributed by atoms with E-state index in [0.717, 1.165) is 0 Å². The van der Waals surface area contributed by atoms with Crippen molar-refractivity contribution >= 4 is 41.4 Å². The van der Waals surface area contributed by atoms with Crippen LogP contribution >= 0.6 is 11.8 Å². The lowest BCUT2D eigenvalue weighted by atomic mass is 10.1. The number of carbonyl (C=O) groups excluding carboxylic acids is 3. The zero-order valence-electron chi connectivity index (χ0n) is 17.4. The van der Waals surface area contributed by atoms with Crippen molar-refractivity contribution in [2.24, 2.45) is 5.73 Å². The van der Waals surface area contributed by atoms with Gasteiger partial charge in [-0.3, -0.25) is 19.2 Å². The van der Waals surface area contributed by atoms with Crippen LogP contribution in [0, 0.1) is 0 Å². The highest BCUT2D eigenvalue weighted by atomic mass is 32.2. The molecule has 14 heteroatoms. The largest absolute Gasteiger partial charge is 0.481 e. The molecule has 13 nitrogen and oxygen atoms in total. The minimum absolute atomic E-state index is 0.0872. The third kappa shape index (κ3) is 10.4. The number of aliphatic carboxylic acids is 2. The summed E-state index contributed by atoms with van der Waals surface area (Å²) in [4.78, 5) is 59.0. The standard InChI is InChI=1S/C17H30N4O9S/c1-7(22)12(20-14(26)9(18)6-11(24)25)16(28)19-10(4-5-31-3)15(27)21-13(8(2)23)17(29)30/h7-10,12-13,22-23H,4-6,18H2,1-3H3,(H,19,28)(H,20,26)(H,21,27)(H,24,25)(H,29,30). The number of hydrogen-bond acceptors (Lipinski definition) is 9. The highest BCUT2D eigenvalue weighted by Gasteiger charge is 2.33. The SMILES string of the molecule is CSCCC(NC(=O)C(NC(=O)C(N)CC(=O)O)C(C)O)C(=O)NC(C(=O)O)C(C)O. The number of nitrogens with one attached hydrogen (secondary N) is 3. The van der Waals surface area contributed by atoms with Crippen LogP contribution in [0.1, 0.15) is 26.7 Å². The van der Waals surface area contributed by atoms with Crippen molar-refractivity contribution in [3.8, 4) is 0 Å². The lowest BCUT2D eigenvalue weighted by Crippen LogP contribution is -2.60. The smallest absolute Gasteiger partial charge is 0.328 e. The molecule has 0 aliphatic carbocycles. The second-order valence-electron chi connectivity index (χ2n) is 6.84. The maximum atomic E-state index is 12.6. The van der Waals surface area contributed by atoms with E-state index in [1.165, 1.54) is 25.6 Å². The minimum Gasteiger partial charge on any atom is -0.481 e. The molecule has 6 atom stereocenters. The topological polar surface area (TPSA) is 228 Å². The van der Waals surface area contributed by atoms with Gasteiger partial charge in [0.1, 0.15) is 12.1 Å². The van der Waals surface area contributed by atoms with Crippen molar-refractivity contribution in [3.05, 3.63) is 0 Å². The first kappa shape index (κ1) is 28.6. The number of aliphatic hydroxyl groups is 2. The van der Waals surface area contributed by atoms with Crippen LogP contribution in [0.3, 0.4) is 0 Å². The molecule has 9 N–H and O–H groups in total. The maximum Gasteiger partial charge on any atom is 0.328 e. The lowest BCUT2D eigenvalue weighted by Gasteiger charge is -2.26. The molecule has 3 amide bonds. The predicted molar refractivity (Wildman–Crippen MR) is 110 cm³/mol. The Balaban J connectivity index is 5.38. The van der Waals surface area contributed by atoms with Gasteiger partial charge in [0.2, 0.25) is 17.7 Å². The second-order valence-corrected chi connectivity index (χ2v) is 7.82. The van der Waals surface area contributed by atoms with E-state index in [4.69, 9.17) is 15.9 Å². The Kier molecular flexibility index (Phi) is 12.7. The van der Waals surface area contributed by atoms with Crippen LogP contribution in [0.5, 0.6) is 0 Å². The van der Waals surface area contributed by atoms with Gasteiger partial charge in [0.25, 0.3) is 0 Å². The van der Waals surface area contributed by atoms with Crippen molar-refractivity contribution in [1.29, 1.82) is 0 Å². The van der Waals surface area contributed by atoms with Crippen LogP contribution in [0.2, 0.25) is 0 Å². The Bertz CT molecular complexity index is 660. The van der Waals surface area contributed by atoms with Gasteiger partial charge in [-0.25, -0.2) is 4.79 Å². The van der Waals surface area contributed by atoms with Gasteiger partial charge in [-0.05, 0) is 32.3 Å². The van der Waals surface area contributed by atoms with E-state index in [1.54, 1.807) is 6.26 Å². The number of carboxylic acid groups (broad SMARTS) is 2. The van der Waals surface area contributed by atoms with Crippen LogP contribution in [-0.4, -0.2) is 98.5 Å². The van der Waals surface area contributed by atoms with Gasteiger partial charge in [-0.1, -0.05) is 0 Å². The molecule has 0 rings (SSSR count). The van der Waals surface area contributed by atoms with Crippen LogP contribution in [0.15, 0.2) is 0 Å². The van der Waals surface area contributed by atoms with E-state index in [1.807, 2.05) is 0 Å². The number of carboxylic acids is 2. The van der Waals surface area contributed by atoms with Crippen LogP contribution in [-0.2, 0) is 24.0 Å². The van der Waals surface area contributed by atoms with Gasteiger partial charge in [0, 0.05) is 0 Å². The monoisotopic (exact) mass is 466 g/mol. The van der Waals surface area contributed by atoms with E-state index >= 15 is 0 Å². The molecule has 0 aliphatic heterocycles. The van der Waals surface area contributed by atoms with Gasteiger partial charge in [-0.2, -0.15) is 11.8 Å². The normalized spacial score (nSPS) is 16.7. The Morgan fingerprint density at radius 2 is 1.39 bits per heavy atom. The van der Waals surface area contributed by atoms with Gasteiger partial charge in [0.15, 0.2) is 6.04 Å². The molecule has 0 saturated carbocycles. The van der Waals surface area contributed by atoms with Crippen LogP contribution in [0.4, 0.5) is 0 Å². The summed E-state index contributed by atoms with van der Waals surface area (Å²) >= 11 is 1.35. The molecule has 0 spiro atoms. The summed E-state index contributed by atoms with van der Waals surface area (Å²) in [6.07, 6.45) is -1.69. The van der Waals surface area contributed by atoms with Gasteiger partial charge >= 0.3 is 11.9 Å². The average Bonchev–Trinajstić information content (AvgIpc) is 2.65. The molecule has 0 heterocycles. The van der Waals surface area contributed by atoms with Gasteiger partial charge < -0.3 is 42.1 Å². The zero-order chi connectivity index (χ0) is 24.3. The summed E-state index contributed by atoms with van der Waals surface area (Å²) in [7, 11) is 0. The van der Waals surface area contributed by atoms with E-state index in [-0.39, 0.29) is 6.42 Å². The molecule has 0 aromatic rings. The van der Waals surface area contributed by atoms with E-state index in [2.05, 4.69) is 16.0 Å². The maximum absolute atomic E-state index is 12.6. The average molecular weight is 467 g/mol. The molecule has 178 valence electrons. The van der Waals surface area contributed by atoms with E-state index < -0.39 is 72.5 Å². The molecule has 0 radical (unpaired) electrons. The summed E-state index contributed by atoms with van der Waals surface area (Å²) < 4.78 is 0. The molecular weight excluding hydrogens is 436 g/mol. The fraction of sp³-hybridized carbons (Fsp3) is 0.706. The van der Waals surface area contributed by atoms with Crippen LogP contribution < -0.4 is 21.7 Å². The lowest BCUT2D eigenvalue weighted by molar-refractivity contribution is -0.145. The van der Waals surface area contributed by atoms with E-state index in [9.17, 15) is 34.2 Å². The third-order valence-corrected chi connectivity index (χ3v) is 4.73. The number of nitrogens with two attached hydrogens (primary N) is 1. The summed E-state index contributed by atoms with van der Waals surface area (Å²) in [5.41, 5.74) is 5.44. The Morgan fingerprint density at radius 1 is 0.871 bits per heavy atom. The molecule has 0 fully saturated rings. The molecule has 6 unspecified atom stereocenters. The first-order chi connectivity index (χ1) is 14.3. The van der Waals surface area contributed by atoms with Crippen molar-refractivity contribution in [2.45, 2.75) is 63.1 Å². The highest BCUT2D eigenvalue weighted by molar-refractivity contribution is 7.98. The van der Waals surface area contributed by atoms with Crippen LogP contribution in [0.25, 0.3) is 0 Å². The van der Waals surface area contributed by atoms with Crippen molar-refractivity contribution < 1.29 is 44.4 Å². The fourth-order valence-electron chi connectivity index (χ4n) is 2.35. The summed E-state index contributed by atoms with van der Waals surface area (Å²) in [6, 6.07) is -5.86. The Hall–Kier alpha value is -2.42. The van der Waals surface area contributed by atoms with E-state index in [0.29, 0.717) is 5.75 Å². The number of hydrogen-bond donors (Lipinski definition) is 8. The minimum atomic E-state index is -1.61. The summed E-state index contributed by atoms with van der Waals surface area (Å²) in [5.74, 6) is -5.24. The fourth-order valence-corrected chi connectivity index (χ4v) is 2.83. The predicted octanol–water partition coefficient (Wildman–Crippen LogP) is -3.16. The number of amides is 3. The van der Waals surface area contributed by atoms with Gasteiger partial charge in [-0.15, -0.1) is 0 Å². The molecule has 0 aliphatic rings. The number of aliphatic hydroxyl groups excluding tert-OH is 2. The highest BCUT2D eigenvalue weighted by Crippen LogP contribution is 2.05. The second kappa shape index (κ2) is 13.8. The van der Waals surface area contributed by atoms with Gasteiger partial charge in [0.05, 0.1) is 24.7 Å². The summed E-state index contributed by atoms with van der Waals surface area (Å²) in [6.45, 7) is 2.37. The first-order valence-corrected chi connectivity index (χ1v) is 10.7. The van der Waals surface area contributed by atoms with Crippen molar-refractivity contribution in [1.82, 2.24) is 16.0 Å². The zero-order valence-corrected chi connectivity index (χ0v) is 18.2.